The Hall–Kier alpha value is -2.77. The standard InChI is InChI=1S/C21H27N3O4/c1-4-28-16-7-5-6-14(10-16)12-22-21(25)17-13-23-24-20(17)15-8-9-18(26-2)19(11-15)27-3/h5-11,17,20,23-24H,4,12-13H2,1-3H3,(H,22,25). The lowest BCUT2D eigenvalue weighted by Gasteiger charge is -2.20. The van der Waals surface area contributed by atoms with Crippen LogP contribution in [0.1, 0.15) is 24.1 Å². The number of hydrogen-bond acceptors (Lipinski definition) is 6. The Morgan fingerprint density at radius 2 is 1.96 bits per heavy atom. The van der Waals surface area contributed by atoms with Gasteiger partial charge in [-0.15, -0.1) is 0 Å². The van der Waals surface area contributed by atoms with Crippen molar-refractivity contribution in [3.05, 3.63) is 53.6 Å². The molecule has 1 aliphatic heterocycles. The monoisotopic (exact) mass is 385 g/mol. The molecule has 1 amide bonds. The second kappa shape index (κ2) is 9.43. The number of benzene rings is 2. The zero-order chi connectivity index (χ0) is 19.9. The van der Waals surface area contributed by atoms with Crippen LogP contribution in [-0.4, -0.2) is 33.3 Å². The zero-order valence-electron chi connectivity index (χ0n) is 16.5. The van der Waals surface area contributed by atoms with Crippen LogP contribution in [0.5, 0.6) is 17.2 Å². The van der Waals surface area contributed by atoms with Gasteiger partial charge in [0.25, 0.3) is 0 Å². The minimum Gasteiger partial charge on any atom is -0.494 e. The quantitative estimate of drug-likeness (QED) is 0.646. The van der Waals surface area contributed by atoms with Crippen LogP contribution >= 0.6 is 0 Å². The molecule has 0 bridgehead atoms. The minimum atomic E-state index is -0.242. The summed E-state index contributed by atoms with van der Waals surface area (Å²) >= 11 is 0. The molecule has 1 saturated heterocycles. The number of methoxy groups -OCH3 is 2. The van der Waals surface area contributed by atoms with Gasteiger partial charge in [-0.3, -0.25) is 10.2 Å². The van der Waals surface area contributed by atoms with E-state index in [-0.39, 0.29) is 17.9 Å². The van der Waals surface area contributed by atoms with Crippen LogP contribution in [0.3, 0.4) is 0 Å². The minimum absolute atomic E-state index is 0.0147. The number of nitrogens with one attached hydrogen (secondary N) is 3. The van der Waals surface area contributed by atoms with Gasteiger partial charge < -0.3 is 19.5 Å². The molecule has 1 heterocycles. The Balaban J connectivity index is 1.67. The molecule has 2 unspecified atom stereocenters. The fraction of sp³-hybridized carbons (Fsp3) is 0.381. The van der Waals surface area contributed by atoms with Gasteiger partial charge in [-0.05, 0) is 42.3 Å². The number of amides is 1. The lowest BCUT2D eigenvalue weighted by molar-refractivity contribution is -0.125. The van der Waals surface area contributed by atoms with Crippen molar-refractivity contribution in [1.82, 2.24) is 16.2 Å². The van der Waals surface area contributed by atoms with E-state index in [0.717, 1.165) is 16.9 Å². The fourth-order valence-corrected chi connectivity index (χ4v) is 3.34. The van der Waals surface area contributed by atoms with Crippen LogP contribution in [-0.2, 0) is 11.3 Å². The van der Waals surface area contributed by atoms with Gasteiger partial charge in [0.15, 0.2) is 11.5 Å². The molecule has 1 fully saturated rings. The molecule has 0 spiro atoms. The summed E-state index contributed by atoms with van der Waals surface area (Å²) < 4.78 is 16.2. The lowest BCUT2D eigenvalue weighted by atomic mass is 9.93. The van der Waals surface area contributed by atoms with Crippen LogP contribution in [0.4, 0.5) is 0 Å². The van der Waals surface area contributed by atoms with E-state index < -0.39 is 0 Å². The highest BCUT2D eigenvalue weighted by Gasteiger charge is 2.34. The molecular formula is C21H27N3O4. The molecule has 2 aromatic carbocycles. The van der Waals surface area contributed by atoms with E-state index in [4.69, 9.17) is 14.2 Å². The first-order valence-electron chi connectivity index (χ1n) is 9.36. The predicted molar refractivity (Wildman–Crippen MR) is 106 cm³/mol. The highest BCUT2D eigenvalue weighted by Crippen LogP contribution is 2.33. The van der Waals surface area contributed by atoms with Gasteiger partial charge in [0.2, 0.25) is 5.91 Å². The predicted octanol–water partition coefficient (Wildman–Crippen LogP) is 2.18. The van der Waals surface area contributed by atoms with Crippen molar-refractivity contribution in [2.45, 2.75) is 19.5 Å². The van der Waals surface area contributed by atoms with Gasteiger partial charge in [-0.2, -0.15) is 0 Å². The van der Waals surface area contributed by atoms with E-state index >= 15 is 0 Å². The molecule has 0 aliphatic carbocycles. The topological polar surface area (TPSA) is 80.9 Å². The van der Waals surface area contributed by atoms with Gasteiger partial charge in [-0.1, -0.05) is 18.2 Å². The van der Waals surface area contributed by atoms with Gasteiger partial charge in [0.05, 0.1) is 32.8 Å². The molecular weight excluding hydrogens is 358 g/mol. The maximum atomic E-state index is 12.8. The highest BCUT2D eigenvalue weighted by atomic mass is 16.5. The van der Waals surface area contributed by atoms with Gasteiger partial charge in [-0.25, -0.2) is 5.43 Å². The van der Waals surface area contributed by atoms with Crippen LogP contribution in [0.2, 0.25) is 0 Å². The van der Waals surface area contributed by atoms with Gasteiger partial charge in [0.1, 0.15) is 5.75 Å². The molecule has 2 aromatic rings. The molecule has 150 valence electrons. The molecule has 0 radical (unpaired) electrons. The molecule has 2 atom stereocenters. The summed E-state index contributed by atoms with van der Waals surface area (Å²) in [7, 11) is 3.20. The summed E-state index contributed by atoms with van der Waals surface area (Å²) in [4.78, 5) is 12.8. The van der Waals surface area contributed by atoms with E-state index in [1.54, 1.807) is 14.2 Å². The number of rotatable bonds is 8. The average molecular weight is 385 g/mol. The number of ether oxygens (including phenoxy) is 3. The Kier molecular flexibility index (Phi) is 6.73. The molecule has 1 aliphatic rings. The summed E-state index contributed by atoms with van der Waals surface area (Å²) in [5.74, 6) is 1.85. The van der Waals surface area contributed by atoms with Crippen molar-refractivity contribution < 1.29 is 19.0 Å². The molecule has 0 saturated carbocycles. The van der Waals surface area contributed by atoms with Crippen LogP contribution in [0.25, 0.3) is 0 Å². The third kappa shape index (κ3) is 4.55. The van der Waals surface area contributed by atoms with Crippen molar-refractivity contribution in [2.24, 2.45) is 5.92 Å². The largest absolute Gasteiger partial charge is 0.494 e. The Bertz CT molecular complexity index is 812. The van der Waals surface area contributed by atoms with E-state index in [1.165, 1.54) is 0 Å². The maximum Gasteiger partial charge on any atom is 0.226 e. The first-order chi connectivity index (χ1) is 13.7. The van der Waals surface area contributed by atoms with Crippen molar-refractivity contribution in [3.8, 4) is 17.2 Å². The number of carbonyl (C=O) groups excluding carboxylic acids is 1. The fourth-order valence-electron chi connectivity index (χ4n) is 3.34. The summed E-state index contributed by atoms with van der Waals surface area (Å²) in [6.07, 6.45) is 0. The third-order valence-electron chi connectivity index (χ3n) is 4.76. The summed E-state index contributed by atoms with van der Waals surface area (Å²) in [6.45, 7) is 3.56. The van der Waals surface area contributed by atoms with Gasteiger partial charge >= 0.3 is 0 Å². The average Bonchev–Trinajstić information content (AvgIpc) is 3.22. The second-order valence-electron chi connectivity index (χ2n) is 6.52. The Labute approximate surface area is 165 Å². The molecule has 7 heteroatoms. The summed E-state index contributed by atoms with van der Waals surface area (Å²) in [5, 5.41) is 3.03. The van der Waals surface area contributed by atoms with E-state index in [9.17, 15) is 4.79 Å². The number of carbonyl (C=O) groups is 1. The van der Waals surface area contributed by atoms with Crippen molar-refractivity contribution >= 4 is 5.91 Å². The third-order valence-corrected chi connectivity index (χ3v) is 4.76. The van der Waals surface area contributed by atoms with Crippen molar-refractivity contribution in [2.75, 3.05) is 27.4 Å². The summed E-state index contributed by atoms with van der Waals surface area (Å²) in [5.41, 5.74) is 8.24. The Morgan fingerprint density at radius 3 is 2.71 bits per heavy atom. The lowest BCUT2D eigenvalue weighted by Crippen LogP contribution is -2.34. The smallest absolute Gasteiger partial charge is 0.226 e. The first kappa shape index (κ1) is 20.0. The van der Waals surface area contributed by atoms with E-state index in [2.05, 4.69) is 16.2 Å². The first-order valence-corrected chi connectivity index (χ1v) is 9.36. The SMILES string of the molecule is CCOc1cccc(CNC(=O)C2CNNC2c2ccc(OC)c(OC)c2)c1. The van der Waals surface area contributed by atoms with E-state index in [1.807, 2.05) is 49.4 Å². The number of hydrogen-bond donors (Lipinski definition) is 3. The van der Waals surface area contributed by atoms with E-state index in [0.29, 0.717) is 31.2 Å². The molecule has 3 N–H and O–H groups in total. The van der Waals surface area contributed by atoms with Crippen molar-refractivity contribution in [3.63, 3.8) is 0 Å². The number of hydrazine groups is 1. The summed E-state index contributed by atoms with van der Waals surface area (Å²) in [6, 6.07) is 13.3. The van der Waals surface area contributed by atoms with Crippen LogP contribution < -0.4 is 30.4 Å². The van der Waals surface area contributed by atoms with Crippen LogP contribution in [0.15, 0.2) is 42.5 Å². The van der Waals surface area contributed by atoms with Crippen LogP contribution in [0, 0.1) is 5.92 Å². The molecule has 28 heavy (non-hydrogen) atoms. The second-order valence-corrected chi connectivity index (χ2v) is 6.52. The van der Waals surface area contributed by atoms with Gasteiger partial charge in [0, 0.05) is 13.1 Å². The molecule has 0 aromatic heterocycles. The highest BCUT2D eigenvalue weighted by molar-refractivity contribution is 5.80. The zero-order valence-corrected chi connectivity index (χ0v) is 16.5. The normalized spacial score (nSPS) is 18.5. The molecule has 3 rings (SSSR count). The Morgan fingerprint density at radius 1 is 1.14 bits per heavy atom. The molecule has 7 nitrogen and oxygen atoms in total. The maximum absolute atomic E-state index is 12.8. The van der Waals surface area contributed by atoms with Crippen molar-refractivity contribution in [1.29, 1.82) is 0 Å².